The van der Waals surface area contributed by atoms with Gasteiger partial charge in [-0.15, -0.1) is 0 Å². The van der Waals surface area contributed by atoms with Crippen LogP contribution in [0.25, 0.3) is 11.1 Å². The number of carbonyl (C=O) groups excluding carboxylic acids is 1. The summed E-state index contributed by atoms with van der Waals surface area (Å²) in [5.41, 5.74) is 4.50. The summed E-state index contributed by atoms with van der Waals surface area (Å²) in [5.74, 6) is 0.610. The van der Waals surface area contributed by atoms with Crippen LogP contribution in [0.3, 0.4) is 0 Å². The molecule has 0 aromatic carbocycles. The minimum absolute atomic E-state index is 0.0730. The third kappa shape index (κ3) is 3.51. The number of hydrogen-bond acceptors (Lipinski definition) is 5. The maximum Gasteiger partial charge on any atom is 0.224 e. The Labute approximate surface area is 139 Å². The van der Waals surface area contributed by atoms with E-state index in [0.717, 1.165) is 27.9 Å². The smallest absolute Gasteiger partial charge is 0.224 e. The highest BCUT2D eigenvalue weighted by Gasteiger charge is 2.13. The molecule has 3 aromatic heterocycles. The first-order valence-corrected chi connectivity index (χ1v) is 7.64. The second-order valence-electron chi connectivity index (χ2n) is 5.74. The fourth-order valence-corrected chi connectivity index (χ4v) is 2.49. The molecule has 0 saturated heterocycles. The van der Waals surface area contributed by atoms with Crippen LogP contribution in [0.15, 0.2) is 35.4 Å². The maximum atomic E-state index is 12.1. The first-order chi connectivity index (χ1) is 11.5. The van der Waals surface area contributed by atoms with Gasteiger partial charge >= 0.3 is 0 Å². The molecule has 7 nitrogen and oxygen atoms in total. The zero-order valence-electron chi connectivity index (χ0n) is 13.9. The molecule has 3 heterocycles. The summed E-state index contributed by atoms with van der Waals surface area (Å²) < 4.78 is 6.82. The van der Waals surface area contributed by atoms with E-state index < -0.39 is 0 Å². The first kappa shape index (κ1) is 15.9. The van der Waals surface area contributed by atoms with E-state index in [9.17, 15) is 4.79 Å². The summed E-state index contributed by atoms with van der Waals surface area (Å²) in [6.07, 6.45) is 7.51. The van der Waals surface area contributed by atoms with E-state index in [4.69, 9.17) is 4.52 Å². The average molecular weight is 325 g/mol. The number of nitrogens with zero attached hydrogens (tertiary/aromatic N) is 4. The van der Waals surface area contributed by atoms with Gasteiger partial charge in [-0.25, -0.2) is 0 Å². The number of amides is 1. The summed E-state index contributed by atoms with van der Waals surface area (Å²) in [5, 5.41) is 10.9. The summed E-state index contributed by atoms with van der Waals surface area (Å²) in [6, 6.07) is 2.00. The molecular weight excluding hydrogens is 306 g/mol. The van der Waals surface area contributed by atoms with Gasteiger partial charge in [-0.2, -0.15) is 5.10 Å². The normalized spacial score (nSPS) is 10.8. The van der Waals surface area contributed by atoms with Crippen LogP contribution in [-0.4, -0.2) is 25.8 Å². The molecule has 1 amide bonds. The van der Waals surface area contributed by atoms with E-state index in [2.05, 4.69) is 20.6 Å². The molecule has 0 saturated carbocycles. The number of hydrogen-bond donors (Lipinski definition) is 1. The van der Waals surface area contributed by atoms with Crippen molar-refractivity contribution in [3.8, 4) is 11.1 Å². The van der Waals surface area contributed by atoms with Crippen molar-refractivity contribution in [1.82, 2.24) is 25.2 Å². The van der Waals surface area contributed by atoms with Crippen LogP contribution in [0.4, 0.5) is 0 Å². The molecule has 0 aliphatic heterocycles. The Balaban J connectivity index is 1.63. The molecule has 0 unspecified atom stereocenters. The highest BCUT2D eigenvalue weighted by molar-refractivity contribution is 5.79. The van der Waals surface area contributed by atoms with Crippen LogP contribution in [0.1, 0.15) is 22.6 Å². The first-order valence-electron chi connectivity index (χ1n) is 7.64. The van der Waals surface area contributed by atoms with Gasteiger partial charge in [0.2, 0.25) is 5.91 Å². The summed E-state index contributed by atoms with van der Waals surface area (Å²) in [4.78, 5) is 16.4. The highest BCUT2D eigenvalue weighted by Crippen LogP contribution is 2.18. The van der Waals surface area contributed by atoms with Crippen molar-refractivity contribution in [2.24, 2.45) is 7.05 Å². The molecule has 3 rings (SSSR count). The molecule has 0 fully saturated rings. The van der Waals surface area contributed by atoms with Gasteiger partial charge in [0.15, 0.2) is 0 Å². The van der Waals surface area contributed by atoms with Crippen molar-refractivity contribution in [3.05, 3.63) is 53.4 Å². The van der Waals surface area contributed by atoms with Gasteiger partial charge in [-0.1, -0.05) is 5.16 Å². The highest BCUT2D eigenvalue weighted by atomic mass is 16.5. The van der Waals surface area contributed by atoms with Crippen LogP contribution >= 0.6 is 0 Å². The van der Waals surface area contributed by atoms with Crippen molar-refractivity contribution in [2.45, 2.75) is 26.8 Å². The second kappa shape index (κ2) is 6.66. The lowest BCUT2D eigenvalue weighted by atomic mass is 10.1. The number of aryl methyl sites for hydroxylation is 3. The monoisotopic (exact) mass is 325 g/mol. The van der Waals surface area contributed by atoms with Crippen molar-refractivity contribution in [3.63, 3.8) is 0 Å². The molecule has 1 N–H and O–H groups in total. The number of rotatable bonds is 5. The number of aromatic nitrogens is 4. The second-order valence-corrected chi connectivity index (χ2v) is 5.74. The molecule has 0 radical (unpaired) electrons. The third-order valence-corrected chi connectivity index (χ3v) is 3.84. The lowest BCUT2D eigenvalue weighted by molar-refractivity contribution is -0.120. The van der Waals surface area contributed by atoms with E-state index in [1.165, 1.54) is 0 Å². The van der Waals surface area contributed by atoms with Crippen LogP contribution in [0.5, 0.6) is 0 Å². The zero-order valence-corrected chi connectivity index (χ0v) is 13.9. The Bertz CT molecular complexity index is 846. The number of pyridine rings is 1. The molecule has 7 heteroatoms. The molecule has 24 heavy (non-hydrogen) atoms. The van der Waals surface area contributed by atoms with Gasteiger partial charge < -0.3 is 9.84 Å². The molecule has 3 aromatic rings. The van der Waals surface area contributed by atoms with Crippen LogP contribution in [0, 0.1) is 13.8 Å². The van der Waals surface area contributed by atoms with Gasteiger partial charge in [0.1, 0.15) is 5.76 Å². The lowest BCUT2D eigenvalue weighted by Gasteiger charge is -2.06. The lowest BCUT2D eigenvalue weighted by Crippen LogP contribution is -2.25. The van der Waals surface area contributed by atoms with Gasteiger partial charge in [-0.3, -0.25) is 14.5 Å². The Morgan fingerprint density at radius 2 is 2.08 bits per heavy atom. The van der Waals surface area contributed by atoms with E-state index >= 15 is 0 Å². The zero-order chi connectivity index (χ0) is 17.1. The minimum atomic E-state index is -0.0730. The predicted octanol–water partition coefficient (Wildman–Crippen LogP) is 1.95. The van der Waals surface area contributed by atoms with Crippen LogP contribution in [0.2, 0.25) is 0 Å². The van der Waals surface area contributed by atoms with Gasteiger partial charge in [0, 0.05) is 48.9 Å². The molecule has 0 spiro atoms. The quantitative estimate of drug-likeness (QED) is 0.775. The topological polar surface area (TPSA) is 85.8 Å². The molecular formula is C17H19N5O2. The maximum absolute atomic E-state index is 12.1. The van der Waals surface area contributed by atoms with Gasteiger partial charge in [0.25, 0.3) is 0 Å². The fourth-order valence-electron chi connectivity index (χ4n) is 2.49. The Kier molecular flexibility index (Phi) is 4.41. The SMILES string of the molecule is Cc1noc(C)c1CC(=O)NCc1cncc(-c2cnn(C)c2)c1. The molecule has 0 aliphatic carbocycles. The van der Waals surface area contributed by atoms with E-state index in [0.29, 0.717) is 12.3 Å². The molecule has 124 valence electrons. The standard InChI is InChI=1S/C17H19N5O2/c1-11-16(12(2)24-21-11)5-17(23)19-7-13-4-14(8-18-6-13)15-9-20-22(3)10-15/h4,6,8-10H,5,7H2,1-3H3,(H,19,23). The molecule has 0 atom stereocenters. The fraction of sp³-hybridized carbons (Fsp3) is 0.294. The third-order valence-electron chi connectivity index (χ3n) is 3.84. The Morgan fingerprint density at radius 1 is 1.25 bits per heavy atom. The average Bonchev–Trinajstić information content (AvgIpc) is 3.14. The summed E-state index contributed by atoms with van der Waals surface area (Å²) >= 11 is 0. The predicted molar refractivity (Wildman–Crippen MR) is 88.0 cm³/mol. The van der Waals surface area contributed by atoms with Crippen molar-refractivity contribution in [2.75, 3.05) is 0 Å². The Hall–Kier alpha value is -2.96. The van der Waals surface area contributed by atoms with E-state index in [1.807, 2.05) is 33.2 Å². The summed E-state index contributed by atoms with van der Waals surface area (Å²) in [6.45, 7) is 4.06. The van der Waals surface area contributed by atoms with Gasteiger partial charge in [0.05, 0.1) is 18.3 Å². The Morgan fingerprint density at radius 3 is 2.75 bits per heavy atom. The van der Waals surface area contributed by atoms with Crippen molar-refractivity contribution < 1.29 is 9.32 Å². The number of carbonyl (C=O) groups is 1. The van der Waals surface area contributed by atoms with Crippen molar-refractivity contribution in [1.29, 1.82) is 0 Å². The minimum Gasteiger partial charge on any atom is -0.361 e. The van der Waals surface area contributed by atoms with Crippen LogP contribution < -0.4 is 5.32 Å². The number of nitrogens with one attached hydrogen (secondary N) is 1. The summed E-state index contributed by atoms with van der Waals surface area (Å²) in [7, 11) is 1.87. The van der Waals surface area contributed by atoms with Crippen LogP contribution in [-0.2, 0) is 24.8 Å². The molecule has 0 aliphatic rings. The van der Waals surface area contributed by atoms with E-state index in [1.54, 1.807) is 23.3 Å². The van der Waals surface area contributed by atoms with E-state index in [-0.39, 0.29) is 12.3 Å². The molecule has 0 bridgehead atoms. The van der Waals surface area contributed by atoms with Crippen molar-refractivity contribution >= 4 is 5.91 Å². The largest absolute Gasteiger partial charge is 0.361 e. The van der Waals surface area contributed by atoms with Gasteiger partial charge in [-0.05, 0) is 25.5 Å².